The van der Waals surface area contributed by atoms with E-state index in [9.17, 15) is 4.79 Å². The first-order valence-corrected chi connectivity index (χ1v) is 9.00. The molecule has 0 fully saturated rings. The number of hydrogen-bond acceptors (Lipinski definition) is 3. The van der Waals surface area contributed by atoms with Crippen LogP contribution < -0.4 is 16.0 Å². The summed E-state index contributed by atoms with van der Waals surface area (Å²) in [5.74, 6) is 0.809. The molecule has 0 bridgehead atoms. The minimum absolute atomic E-state index is 0. The Morgan fingerprint density at radius 3 is 2.44 bits per heavy atom. The highest BCUT2D eigenvalue weighted by atomic mass is 127. The standard InChI is InChI=1S/C18H34N4O2.HI/c1-18(2,3)24-17(23)22-13-8-12-20-16(19-4)21-14-11-15-9-6-5-7-10-15;/h9H,5-8,10-14H2,1-4H3,(H,22,23)(H2,19,20,21);1H. The Balaban J connectivity index is 0.00000576. The van der Waals surface area contributed by atoms with Crippen molar-refractivity contribution in [2.24, 2.45) is 4.99 Å². The molecule has 0 saturated carbocycles. The molecule has 7 heteroatoms. The summed E-state index contributed by atoms with van der Waals surface area (Å²) in [6.07, 6.45) is 9.03. The molecule has 1 amide bonds. The van der Waals surface area contributed by atoms with Crippen LogP contribution in [0.25, 0.3) is 0 Å². The topological polar surface area (TPSA) is 74.8 Å². The van der Waals surface area contributed by atoms with Crippen LogP contribution >= 0.6 is 24.0 Å². The Morgan fingerprint density at radius 1 is 1.16 bits per heavy atom. The first kappa shape index (κ1) is 24.0. The van der Waals surface area contributed by atoms with Crippen LogP contribution in [-0.4, -0.2) is 44.3 Å². The van der Waals surface area contributed by atoms with E-state index in [1.165, 1.54) is 25.7 Å². The number of nitrogens with zero attached hydrogens (tertiary/aromatic N) is 1. The van der Waals surface area contributed by atoms with E-state index in [1.54, 1.807) is 12.6 Å². The molecule has 6 nitrogen and oxygen atoms in total. The largest absolute Gasteiger partial charge is 0.444 e. The van der Waals surface area contributed by atoms with Crippen molar-refractivity contribution in [3.63, 3.8) is 0 Å². The molecule has 0 aromatic rings. The summed E-state index contributed by atoms with van der Waals surface area (Å²) >= 11 is 0. The second-order valence-electron chi connectivity index (χ2n) is 7.07. The first-order chi connectivity index (χ1) is 11.4. The van der Waals surface area contributed by atoms with Gasteiger partial charge in [-0.05, 0) is 59.3 Å². The number of carbonyl (C=O) groups excluding carboxylic acids is 1. The Labute approximate surface area is 169 Å². The predicted molar refractivity (Wildman–Crippen MR) is 115 cm³/mol. The number of nitrogens with one attached hydrogen (secondary N) is 3. The summed E-state index contributed by atoms with van der Waals surface area (Å²) in [6, 6.07) is 0. The average molecular weight is 466 g/mol. The Hall–Kier alpha value is -0.990. The zero-order chi connectivity index (χ0) is 17.8. The molecule has 0 unspecified atom stereocenters. The second kappa shape index (κ2) is 13.2. The molecular formula is C18H35IN4O2. The number of rotatable bonds is 7. The average Bonchev–Trinajstić information content (AvgIpc) is 2.52. The van der Waals surface area contributed by atoms with Crippen LogP contribution in [-0.2, 0) is 4.74 Å². The van der Waals surface area contributed by atoms with Crippen LogP contribution in [0.1, 0.15) is 59.3 Å². The molecule has 1 aliphatic carbocycles. The normalized spacial score (nSPS) is 14.9. The number of halogens is 1. The van der Waals surface area contributed by atoms with E-state index in [0.29, 0.717) is 6.54 Å². The van der Waals surface area contributed by atoms with E-state index in [2.05, 4.69) is 27.0 Å². The SMILES string of the molecule is CN=C(NCCCNC(=O)OC(C)(C)C)NCCC1=CCCCC1.I. The molecule has 1 rings (SSSR count). The molecule has 146 valence electrons. The van der Waals surface area contributed by atoms with Crippen LogP contribution in [0.2, 0.25) is 0 Å². The summed E-state index contributed by atoms with van der Waals surface area (Å²) in [4.78, 5) is 15.7. The molecule has 0 radical (unpaired) electrons. The first-order valence-electron chi connectivity index (χ1n) is 9.00. The maximum absolute atomic E-state index is 11.5. The highest BCUT2D eigenvalue weighted by Gasteiger charge is 2.15. The Morgan fingerprint density at radius 2 is 1.84 bits per heavy atom. The molecule has 0 saturated heterocycles. The summed E-state index contributed by atoms with van der Waals surface area (Å²) in [7, 11) is 1.77. The lowest BCUT2D eigenvalue weighted by Crippen LogP contribution is -2.39. The van der Waals surface area contributed by atoms with Crippen molar-refractivity contribution in [3.8, 4) is 0 Å². The predicted octanol–water partition coefficient (Wildman–Crippen LogP) is 3.57. The molecule has 0 heterocycles. The van der Waals surface area contributed by atoms with Gasteiger partial charge in [0.05, 0.1) is 0 Å². The lowest BCUT2D eigenvalue weighted by molar-refractivity contribution is 0.0527. The van der Waals surface area contributed by atoms with Crippen LogP contribution in [0.5, 0.6) is 0 Å². The molecule has 25 heavy (non-hydrogen) atoms. The molecule has 0 spiro atoms. The van der Waals surface area contributed by atoms with Crippen molar-refractivity contribution in [1.82, 2.24) is 16.0 Å². The fraction of sp³-hybridized carbons (Fsp3) is 0.778. The number of aliphatic imine (C=N–C) groups is 1. The van der Waals surface area contributed by atoms with Gasteiger partial charge in [0.2, 0.25) is 0 Å². The Kier molecular flexibility index (Phi) is 12.7. The number of hydrogen-bond donors (Lipinski definition) is 3. The maximum atomic E-state index is 11.5. The second-order valence-corrected chi connectivity index (χ2v) is 7.07. The third kappa shape index (κ3) is 12.9. The van der Waals surface area contributed by atoms with Gasteiger partial charge in [-0.2, -0.15) is 0 Å². The zero-order valence-electron chi connectivity index (χ0n) is 16.1. The van der Waals surface area contributed by atoms with E-state index < -0.39 is 5.60 Å². The van der Waals surface area contributed by atoms with Gasteiger partial charge in [-0.25, -0.2) is 4.79 Å². The van der Waals surface area contributed by atoms with E-state index in [1.807, 2.05) is 20.8 Å². The van der Waals surface area contributed by atoms with E-state index in [4.69, 9.17) is 4.74 Å². The van der Waals surface area contributed by atoms with Crippen LogP contribution in [0.3, 0.4) is 0 Å². The van der Waals surface area contributed by atoms with Gasteiger partial charge in [0, 0.05) is 26.7 Å². The van der Waals surface area contributed by atoms with Crippen LogP contribution in [0, 0.1) is 0 Å². The number of ether oxygens (including phenoxy) is 1. The van der Waals surface area contributed by atoms with Crippen molar-refractivity contribution >= 4 is 36.0 Å². The molecular weight excluding hydrogens is 431 g/mol. The summed E-state index contributed by atoms with van der Waals surface area (Å²) in [6.45, 7) is 7.79. The van der Waals surface area contributed by atoms with Crippen molar-refractivity contribution in [3.05, 3.63) is 11.6 Å². The Bertz CT molecular complexity index is 445. The lowest BCUT2D eigenvalue weighted by atomic mass is 9.97. The molecule has 0 aromatic heterocycles. The van der Waals surface area contributed by atoms with Crippen molar-refractivity contribution in [2.45, 2.75) is 64.9 Å². The lowest BCUT2D eigenvalue weighted by Gasteiger charge is -2.19. The monoisotopic (exact) mass is 466 g/mol. The van der Waals surface area contributed by atoms with Gasteiger partial charge in [-0.3, -0.25) is 4.99 Å². The third-order valence-corrected chi connectivity index (χ3v) is 3.66. The van der Waals surface area contributed by atoms with Crippen LogP contribution in [0.4, 0.5) is 4.79 Å². The summed E-state index contributed by atoms with van der Waals surface area (Å²) < 4.78 is 5.19. The van der Waals surface area contributed by atoms with E-state index in [-0.39, 0.29) is 30.1 Å². The molecule has 0 aromatic carbocycles. The molecule has 1 aliphatic rings. The molecule has 3 N–H and O–H groups in total. The van der Waals surface area contributed by atoms with E-state index in [0.717, 1.165) is 31.9 Å². The van der Waals surface area contributed by atoms with Gasteiger partial charge >= 0.3 is 6.09 Å². The number of alkyl carbamates (subject to hydrolysis) is 1. The number of amides is 1. The van der Waals surface area contributed by atoms with Gasteiger partial charge < -0.3 is 20.7 Å². The molecule has 0 atom stereocenters. The number of allylic oxidation sites excluding steroid dienone is 1. The zero-order valence-corrected chi connectivity index (χ0v) is 18.4. The third-order valence-electron chi connectivity index (χ3n) is 3.66. The van der Waals surface area contributed by atoms with Crippen molar-refractivity contribution in [1.29, 1.82) is 0 Å². The number of guanidine groups is 1. The van der Waals surface area contributed by atoms with Crippen molar-refractivity contribution in [2.75, 3.05) is 26.7 Å². The van der Waals surface area contributed by atoms with E-state index >= 15 is 0 Å². The smallest absolute Gasteiger partial charge is 0.407 e. The van der Waals surface area contributed by atoms with Crippen LogP contribution in [0.15, 0.2) is 16.6 Å². The molecule has 0 aliphatic heterocycles. The van der Waals surface area contributed by atoms with Gasteiger partial charge in [0.25, 0.3) is 0 Å². The highest BCUT2D eigenvalue weighted by molar-refractivity contribution is 14.0. The van der Waals surface area contributed by atoms with Gasteiger partial charge in [0.1, 0.15) is 5.60 Å². The minimum atomic E-state index is -0.456. The number of carbonyl (C=O) groups is 1. The van der Waals surface area contributed by atoms with Gasteiger partial charge in [-0.15, -0.1) is 24.0 Å². The summed E-state index contributed by atoms with van der Waals surface area (Å²) in [5.41, 5.74) is 1.10. The van der Waals surface area contributed by atoms with Crippen molar-refractivity contribution < 1.29 is 9.53 Å². The fourth-order valence-corrected chi connectivity index (χ4v) is 2.49. The summed E-state index contributed by atoms with van der Waals surface area (Å²) in [5, 5.41) is 9.34. The van der Waals surface area contributed by atoms with Gasteiger partial charge in [0.15, 0.2) is 5.96 Å². The fourth-order valence-electron chi connectivity index (χ4n) is 2.49. The minimum Gasteiger partial charge on any atom is -0.444 e. The highest BCUT2D eigenvalue weighted by Crippen LogP contribution is 2.19. The quantitative estimate of drug-likeness (QED) is 0.176. The van der Waals surface area contributed by atoms with Gasteiger partial charge in [-0.1, -0.05) is 11.6 Å². The maximum Gasteiger partial charge on any atom is 0.407 e.